The molecule has 158 valence electrons. The summed E-state index contributed by atoms with van der Waals surface area (Å²) < 4.78 is 5.89. The van der Waals surface area contributed by atoms with Crippen molar-refractivity contribution >= 4 is 11.8 Å². The van der Waals surface area contributed by atoms with E-state index in [1.165, 1.54) is 25.7 Å². The Hall–Kier alpha value is -2.08. The van der Waals surface area contributed by atoms with Crippen LogP contribution in [-0.2, 0) is 22.6 Å². The van der Waals surface area contributed by atoms with Gasteiger partial charge in [0, 0.05) is 24.6 Å². The molecule has 0 atom stereocenters. The number of nitrogens with one attached hydrogen (secondary N) is 1. The minimum atomic E-state index is 0.132. The average molecular weight is 400 g/mol. The zero-order valence-electron chi connectivity index (χ0n) is 17.3. The van der Waals surface area contributed by atoms with Gasteiger partial charge in [-0.2, -0.15) is 0 Å². The molecule has 0 spiro atoms. The number of carbonyl (C=O) groups excluding carboxylic acids is 2. The van der Waals surface area contributed by atoms with Crippen molar-refractivity contribution in [2.45, 2.75) is 64.0 Å². The molecule has 4 rings (SSSR count). The molecular formula is C23H33N3O3. The van der Waals surface area contributed by atoms with Crippen LogP contribution in [0.1, 0.15) is 56.1 Å². The van der Waals surface area contributed by atoms with Crippen LogP contribution in [0.2, 0.25) is 0 Å². The third-order valence-corrected chi connectivity index (χ3v) is 6.10. The van der Waals surface area contributed by atoms with Crippen LogP contribution < -0.4 is 10.1 Å². The molecule has 1 aliphatic carbocycles. The number of hydrogen-bond donors (Lipinski definition) is 1. The van der Waals surface area contributed by atoms with E-state index in [9.17, 15) is 9.59 Å². The number of likely N-dealkylation sites (tertiary alicyclic amines) is 1. The molecule has 1 aromatic rings. The van der Waals surface area contributed by atoms with E-state index in [1.54, 1.807) is 0 Å². The van der Waals surface area contributed by atoms with Crippen molar-refractivity contribution < 1.29 is 14.3 Å². The highest BCUT2D eigenvalue weighted by molar-refractivity contribution is 5.78. The fourth-order valence-electron chi connectivity index (χ4n) is 4.19. The van der Waals surface area contributed by atoms with Gasteiger partial charge < -0.3 is 15.0 Å². The van der Waals surface area contributed by atoms with Crippen molar-refractivity contribution in [1.29, 1.82) is 0 Å². The molecule has 1 aromatic carbocycles. The first-order chi connectivity index (χ1) is 14.2. The standard InChI is InChI=1S/C23H33N3O3/c27-22(24-20-7-8-20)10-6-18-5-9-21-19(15-18)16-26(13-14-29-21)23(28)17-25-11-3-1-2-4-12-25/h5,9,15,20H,1-4,6-8,10-14,16-17H2,(H,24,27). The van der Waals surface area contributed by atoms with Crippen LogP contribution in [0.5, 0.6) is 5.75 Å². The Morgan fingerprint density at radius 2 is 1.86 bits per heavy atom. The Morgan fingerprint density at radius 1 is 1.07 bits per heavy atom. The molecule has 0 radical (unpaired) electrons. The maximum absolute atomic E-state index is 12.9. The molecule has 6 heteroatoms. The summed E-state index contributed by atoms with van der Waals surface area (Å²) in [5, 5.41) is 3.04. The van der Waals surface area contributed by atoms with Gasteiger partial charge in [-0.15, -0.1) is 0 Å². The van der Waals surface area contributed by atoms with E-state index in [-0.39, 0.29) is 11.8 Å². The Kier molecular flexibility index (Phi) is 6.70. The summed E-state index contributed by atoms with van der Waals surface area (Å²) in [5.41, 5.74) is 2.17. The predicted molar refractivity (Wildman–Crippen MR) is 112 cm³/mol. The lowest BCUT2D eigenvalue weighted by Crippen LogP contribution is -2.41. The predicted octanol–water partition coefficient (Wildman–Crippen LogP) is 2.49. The minimum absolute atomic E-state index is 0.132. The molecule has 0 aromatic heterocycles. The van der Waals surface area contributed by atoms with Crippen LogP contribution in [0, 0.1) is 0 Å². The summed E-state index contributed by atoms with van der Waals surface area (Å²) in [7, 11) is 0. The topological polar surface area (TPSA) is 61.9 Å². The zero-order valence-corrected chi connectivity index (χ0v) is 17.3. The first-order valence-electron chi connectivity index (χ1n) is 11.2. The van der Waals surface area contributed by atoms with Gasteiger partial charge in [0.2, 0.25) is 11.8 Å². The highest BCUT2D eigenvalue weighted by atomic mass is 16.5. The third kappa shape index (κ3) is 5.95. The number of benzene rings is 1. The second-order valence-electron chi connectivity index (χ2n) is 8.64. The maximum Gasteiger partial charge on any atom is 0.237 e. The number of aryl methyl sites for hydroxylation is 1. The van der Waals surface area contributed by atoms with Gasteiger partial charge >= 0.3 is 0 Å². The highest BCUT2D eigenvalue weighted by Gasteiger charge is 2.24. The first-order valence-corrected chi connectivity index (χ1v) is 11.2. The van der Waals surface area contributed by atoms with Crippen LogP contribution in [0.4, 0.5) is 0 Å². The van der Waals surface area contributed by atoms with E-state index >= 15 is 0 Å². The van der Waals surface area contributed by atoms with E-state index in [2.05, 4.69) is 16.3 Å². The number of amides is 2. The Morgan fingerprint density at radius 3 is 2.62 bits per heavy atom. The summed E-state index contributed by atoms with van der Waals surface area (Å²) in [6, 6.07) is 6.55. The molecule has 2 heterocycles. The number of hydrogen-bond acceptors (Lipinski definition) is 4. The number of fused-ring (bicyclic) bond motifs is 1. The molecular weight excluding hydrogens is 366 g/mol. The first kappa shape index (κ1) is 20.2. The minimum Gasteiger partial charge on any atom is -0.491 e. The summed E-state index contributed by atoms with van der Waals surface area (Å²) in [6.45, 7) is 4.31. The molecule has 2 amide bonds. The van der Waals surface area contributed by atoms with E-state index in [0.29, 0.717) is 45.1 Å². The number of rotatable bonds is 6. The van der Waals surface area contributed by atoms with Gasteiger partial charge in [-0.05, 0) is 56.8 Å². The molecule has 0 bridgehead atoms. The van der Waals surface area contributed by atoms with E-state index in [1.807, 2.05) is 17.0 Å². The summed E-state index contributed by atoms with van der Waals surface area (Å²) >= 11 is 0. The van der Waals surface area contributed by atoms with Crippen LogP contribution in [0.25, 0.3) is 0 Å². The van der Waals surface area contributed by atoms with Crippen LogP contribution in [-0.4, -0.2) is 60.4 Å². The Labute approximate surface area is 173 Å². The molecule has 2 fully saturated rings. The van der Waals surface area contributed by atoms with E-state index in [0.717, 1.165) is 42.8 Å². The van der Waals surface area contributed by atoms with Crippen LogP contribution in [0.15, 0.2) is 18.2 Å². The second kappa shape index (κ2) is 9.61. The van der Waals surface area contributed by atoms with Gasteiger partial charge in [0.25, 0.3) is 0 Å². The smallest absolute Gasteiger partial charge is 0.237 e. The van der Waals surface area contributed by atoms with Gasteiger partial charge in [-0.3, -0.25) is 14.5 Å². The fraction of sp³-hybridized carbons (Fsp3) is 0.652. The van der Waals surface area contributed by atoms with E-state index in [4.69, 9.17) is 4.74 Å². The maximum atomic E-state index is 12.9. The van der Waals surface area contributed by atoms with Crippen molar-refractivity contribution in [2.75, 3.05) is 32.8 Å². The van der Waals surface area contributed by atoms with Gasteiger partial charge in [0.05, 0.1) is 13.1 Å². The third-order valence-electron chi connectivity index (χ3n) is 6.10. The fourth-order valence-corrected chi connectivity index (χ4v) is 4.19. The monoisotopic (exact) mass is 399 g/mol. The molecule has 6 nitrogen and oxygen atoms in total. The molecule has 29 heavy (non-hydrogen) atoms. The molecule has 0 unspecified atom stereocenters. The molecule has 2 aliphatic heterocycles. The van der Waals surface area contributed by atoms with Crippen molar-refractivity contribution in [3.05, 3.63) is 29.3 Å². The lowest BCUT2D eigenvalue weighted by molar-refractivity contribution is -0.133. The van der Waals surface area contributed by atoms with Crippen molar-refractivity contribution in [2.24, 2.45) is 0 Å². The van der Waals surface area contributed by atoms with Gasteiger partial charge in [0.1, 0.15) is 12.4 Å². The summed E-state index contributed by atoms with van der Waals surface area (Å²) in [5.74, 6) is 1.19. The van der Waals surface area contributed by atoms with Gasteiger partial charge in [-0.25, -0.2) is 0 Å². The molecule has 3 aliphatic rings. The molecule has 1 saturated carbocycles. The summed E-state index contributed by atoms with van der Waals surface area (Å²) in [4.78, 5) is 29.1. The highest BCUT2D eigenvalue weighted by Crippen LogP contribution is 2.25. The quantitative estimate of drug-likeness (QED) is 0.798. The summed E-state index contributed by atoms with van der Waals surface area (Å²) in [6.07, 6.45) is 8.38. The second-order valence-corrected chi connectivity index (χ2v) is 8.64. The Bertz CT molecular complexity index is 724. The van der Waals surface area contributed by atoms with E-state index < -0.39 is 0 Å². The SMILES string of the molecule is O=C(CCc1ccc2c(c1)CN(C(=O)CN1CCCCCC1)CCO2)NC1CC1. The van der Waals surface area contributed by atoms with Crippen molar-refractivity contribution in [3.63, 3.8) is 0 Å². The van der Waals surface area contributed by atoms with Crippen molar-refractivity contribution in [3.8, 4) is 5.75 Å². The molecule has 1 N–H and O–H groups in total. The Balaban J connectivity index is 1.34. The lowest BCUT2D eigenvalue weighted by atomic mass is 10.0. The average Bonchev–Trinajstić information content (AvgIpc) is 3.55. The lowest BCUT2D eigenvalue weighted by Gasteiger charge is -2.25. The van der Waals surface area contributed by atoms with Gasteiger partial charge in [-0.1, -0.05) is 25.0 Å². The molecule has 1 saturated heterocycles. The van der Waals surface area contributed by atoms with Crippen LogP contribution >= 0.6 is 0 Å². The number of ether oxygens (including phenoxy) is 1. The largest absolute Gasteiger partial charge is 0.491 e. The van der Waals surface area contributed by atoms with Gasteiger partial charge in [0.15, 0.2) is 0 Å². The van der Waals surface area contributed by atoms with Crippen LogP contribution in [0.3, 0.4) is 0 Å². The zero-order chi connectivity index (χ0) is 20.1. The number of carbonyl (C=O) groups is 2. The normalized spacial score (nSPS) is 20.2. The van der Waals surface area contributed by atoms with Crippen molar-refractivity contribution in [1.82, 2.24) is 15.1 Å². The number of nitrogens with zero attached hydrogens (tertiary/aromatic N) is 2.